The molecule has 4 rings (SSSR count). The van der Waals surface area contributed by atoms with Crippen LogP contribution >= 0.6 is 0 Å². The van der Waals surface area contributed by atoms with Crippen molar-refractivity contribution in [3.63, 3.8) is 0 Å². The van der Waals surface area contributed by atoms with Gasteiger partial charge in [0.1, 0.15) is 5.82 Å². The van der Waals surface area contributed by atoms with Gasteiger partial charge in [-0.05, 0) is 68.3 Å². The molecular formula is C21H29FN2O2. The number of halogens is 1. The summed E-state index contributed by atoms with van der Waals surface area (Å²) in [5.74, 6) is 1.09. The fraction of sp³-hybridized carbons (Fsp3) is 0.667. The Bertz CT molecular complexity index is 636. The second kappa shape index (κ2) is 7.28. The van der Waals surface area contributed by atoms with Crippen LogP contribution < -0.4 is 0 Å². The number of benzene rings is 1. The molecule has 26 heavy (non-hydrogen) atoms. The first kappa shape index (κ1) is 17.9. The SMILES string of the molecule is CN1C[C@H](COCC2CC2)C2(CCN(C(=O)c3ccc(F)cc3)CC2)C1. The fourth-order valence-electron chi connectivity index (χ4n) is 4.69. The molecule has 2 heterocycles. The van der Waals surface area contributed by atoms with Crippen molar-refractivity contribution < 1.29 is 13.9 Å². The lowest BCUT2D eigenvalue weighted by atomic mass is 9.71. The summed E-state index contributed by atoms with van der Waals surface area (Å²) in [5, 5.41) is 0. The number of rotatable bonds is 5. The van der Waals surface area contributed by atoms with E-state index < -0.39 is 0 Å². The molecule has 3 fully saturated rings. The summed E-state index contributed by atoms with van der Waals surface area (Å²) in [6, 6.07) is 5.88. The Balaban J connectivity index is 1.35. The number of carbonyl (C=O) groups is 1. The van der Waals surface area contributed by atoms with Gasteiger partial charge in [-0.2, -0.15) is 0 Å². The molecule has 0 N–H and O–H groups in total. The molecule has 1 aromatic rings. The maximum Gasteiger partial charge on any atom is 0.253 e. The number of hydrogen-bond donors (Lipinski definition) is 0. The molecule has 0 bridgehead atoms. The Labute approximate surface area is 155 Å². The molecule has 3 aliphatic rings. The predicted octanol–water partition coefficient (Wildman–Crippen LogP) is 3.04. The van der Waals surface area contributed by atoms with E-state index in [9.17, 15) is 9.18 Å². The van der Waals surface area contributed by atoms with Gasteiger partial charge in [0.15, 0.2) is 0 Å². The Morgan fingerprint density at radius 3 is 2.54 bits per heavy atom. The molecule has 0 radical (unpaired) electrons. The van der Waals surface area contributed by atoms with Crippen LogP contribution in [0.2, 0.25) is 0 Å². The van der Waals surface area contributed by atoms with E-state index in [-0.39, 0.29) is 17.1 Å². The zero-order valence-corrected chi connectivity index (χ0v) is 15.6. The molecule has 142 valence electrons. The summed E-state index contributed by atoms with van der Waals surface area (Å²) < 4.78 is 19.1. The third-order valence-electron chi connectivity index (χ3n) is 6.49. The lowest BCUT2D eigenvalue weighted by Crippen LogP contribution is -2.47. The molecule has 0 aromatic heterocycles. The Hall–Kier alpha value is -1.46. The average Bonchev–Trinajstić information content (AvgIpc) is 3.41. The van der Waals surface area contributed by atoms with E-state index >= 15 is 0 Å². The normalized spacial score (nSPS) is 25.8. The summed E-state index contributed by atoms with van der Waals surface area (Å²) in [4.78, 5) is 17.0. The maximum absolute atomic E-state index is 13.1. The second-order valence-corrected chi connectivity index (χ2v) is 8.54. The largest absolute Gasteiger partial charge is 0.381 e. The third-order valence-corrected chi connectivity index (χ3v) is 6.49. The number of ether oxygens (including phenoxy) is 1. The van der Waals surface area contributed by atoms with E-state index in [2.05, 4.69) is 11.9 Å². The number of likely N-dealkylation sites (tertiary alicyclic amines) is 2. The van der Waals surface area contributed by atoms with Crippen LogP contribution in [0.25, 0.3) is 0 Å². The standard InChI is InChI=1S/C21H29FN2O2/c1-23-12-18(14-26-13-16-2-3-16)21(15-23)8-10-24(11-9-21)20(25)17-4-6-19(22)7-5-17/h4-7,16,18H,2-3,8-15H2,1H3/t18-/m1/s1. The summed E-state index contributed by atoms with van der Waals surface area (Å²) >= 11 is 0. The first-order chi connectivity index (χ1) is 12.6. The molecule has 5 heteroatoms. The predicted molar refractivity (Wildman–Crippen MR) is 98.5 cm³/mol. The number of hydrogen-bond acceptors (Lipinski definition) is 3. The number of carbonyl (C=O) groups excluding carboxylic acids is 1. The van der Waals surface area contributed by atoms with Gasteiger partial charge < -0.3 is 14.5 Å². The smallest absolute Gasteiger partial charge is 0.253 e. The summed E-state index contributed by atoms with van der Waals surface area (Å²) in [5.41, 5.74) is 0.855. The lowest BCUT2D eigenvalue weighted by Gasteiger charge is -2.42. The van der Waals surface area contributed by atoms with Crippen molar-refractivity contribution in [2.75, 3.05) is 46.4 Å². The lowest BCUT2D eigenvalue weighted by molar-refractivity contribution is 0.0180. The molecule has 2 aliphatic heterocycles. The molecule has 2 saturated heterocycles. The first-order valence-corrected chi connectivity index (χ1v) is 9.87. The van der Waals surface area contributed by atoms with E-state index in [0.717, 1.165) is 58.2 Å². The van der Waals surface area contributed by atoms with Gasteiger partial charge in [0.05, 0.1) is 6.61 Å². The minimum atomic E-state index is -0.304. The Morgan fingerprint density at radius 2 is 1.88 bits per heavy atom. The van der Waals surface area contributed by atoms with Gasteiger partial charge >= 0.3 is 0 Å². The summed E-state index contributed by atoms with van der Waals surface area (Å²) in [6.07, 6.45) is 4.72. The fourth-order valence-corrected chi connectivity index (χ4v) is 4.69. The highest BCUT2D eigenvalue weighted by molar-refractivity contribution is 5.94. The zero-order valence-electron chi connectivity index (χ0n) is 15.6. The molecule has 4 nitrogen and oxygen atoms in total. The van der Waals surface area contributed by atoms with Gasteiger partial charge in [-0.25, -0.2) is 4.39 Å². The molecule has 1 aliphatic carbocycles. The molecule has 1 saturated carbocycles. The molecular weight excluding hydrogens is 331 g/mol. The van der Waals surface area contributed by atoms with E-state index in [0.29, 0.717) is 11.5 Å². The summed E-state index contributed by atoms with van der Waals surface area (Å²) in [7, 11) is 2.19. The van der Waals surface area contributed by atoms with Crippen molar-refractivity contribution in [3.05, 3.63) is 35.6 Å². The van der Waals surface area contributed by atoms with Crippen LogP contribution in [0.15, 0.2) is 24.3 Å². The second-order valence-electron chi connectivity index (χ2n) is 8.54. The first-order valence-electron chi connectivity index (χ1n) is 9.87. The van der Waals surface area contributed by atoms with Crippen LogP contribution in [-0.2, 0) is 4.74 Å². The highest BCUT2D eigenvalue weighted by Gasteiger charge is 2.47. The van der Waals surface area contributed by atoms with Gasteiger partial charge in [-0.3, -0.25) is 4.79 Å². The number of amides is 1. The molecule has 1 aromatic carbocycles. The van der Waals surface area contributed by atoms with Crippen LogP contribution in [0, 0.1) is 23.1 Å². The minimum absolute atomic E-state index is 0.0211. The average molecular weight is 360 g/mol. The molecule has 1 spiro atoms. The Morgan fingerprint density at radius 1 is 1.19 bits per heavy atom. The van der Waals surface area contributed by atoms with Crippen LogP contribution in [0.1, 0.15) is 36.0 Å². The molecule has 0 unspecified atom stereocenters. The molecule has 1 amide bonds. The van der Waals surface area contributed by atoms with Crippen molar-refractivity contribution in [1.82, 2.24) is 9.80 Å². The van der Waals surface area contributed by atoms with Gasteiger partial charge in [-0.15, -0.1) is 0 Å². The van der Waals surface area contributed by atoms with Crippen LogP contribution in [0.4, 0.5) is 4.39 Å². The van der Waals surface area contributed by atoms with E-state index in [1.807, 2.05) is 4.90 Å². The highest BCUT2D eigenvalue weighted by Crippen LogP contribution is 2.44. The van der Waals surface area contributed by atoms with Gasteiger partial charge in [0.2, 0.25) is 0 Å². The Kier molecular flexibility index (Phi) is 5.02. The van der Waals surface area contributed by atoms with E-state index in [1.54, 1.807) is 12.1 Å². The number of piperidine rings is 1. The monoisotopic (exact) mass is 360 g/mol. The number of nitrogens with zero attached hydrogens (tertiary/aromatic N) is 2. The van der Waals surface area contributed by atoms with E-state index in [4.69, 9.17) is 4.74 Å². The zero-order chi connectivity index (χ0) is 18.1. The quantitative estimate of drug-likeness (QED) is 0.809. The van der Waals surface area contributed by atoms with Crippen LogP contribution in [0.3, 0.4) is 0 Å². The van der Waals surface area contributed by atoms with Gasteiger partial charge in [0.25, 0.3) is 5.91 Å². The van der Waals surface area contributed by atoms with Crippen molar-refractivity contribution in [2.24, 2.45) is 17.3 Å². The summed E-state index contributed by atoms with van der Waals surface area (Å²) in [6.45, 7) is 5.53. The van der Waals surface area contributed by atoms with Crippen LogP contribution in [-0.4, -0.2) is 62.1 Å². The van der Waals surface area contributed by atoms with Crippen molar-refractivity contribution in [1.29, 1.82) is 0 Å². The third kappa shape index (κ3) is 3.79. The van der Waals surface area contributed by atoms with Crippen LogP contribution in [0.5, 0.6) is 0 Å². The highest BCUT2D eigenvalue weighted by atomic mass is 19.1. The van der Waals surface area contributed by atoms with Gasteiger partial charge in [-0.1, -0.05) is 0 Å². The topological polar surface area (TPSA) is 32.8 Å². The van der Waals surface area contributed by atoms with Crippen molar-refractivity contribution >= 4 is 5.91 Å². The van der Waals surface area contributed by atoms with E-state index in [1.165, 1.54) is 25.0 Å². The van der Waals surface area contributed by atoms with Crippen molar-refractivity contribution in [3.8, 4) is 0 Å². The molecule has 1 atom stereocenters. The minimum Gasteiger partial charge on any atom is -0.381 e. The van der Waals surface area contributed by atoms with Crippen molar-refractivity contribution in [2.45, 2.75) is 25.7 Å². The maximum atomic E-state index is 13.1. The van der Waals surface area contributed by atoms with Gasteiger partial charge in [0, 0.05) is 44.3 Å².